The summed E-state index contributed by atoms with van der Waals surface area (Å²) in [6.45, 7) is 5.26. The Balaban J connectivity index is 1.44. The van der Waals surface area contributed by atoms with Crippen LogP contribution < -0.4 is 0 Å². The SMILES string of the molecule is CCC1CCC(C2CCC(C3CCC(CCCCO)CC3)C(CC)C2)CC1. The molecule has 1 heteroatoms. The molecule has 3 unspecified atom stereocenters. The maximum absolute atomic E-state index is 9.01. The van der Waals surface area contributed by atoms with Crippen molar-refractivity contribution in [2.45, 2.75) is 117 Å². The third-order valence-electron chi connectivity index (χ3n) is 9.26. The van der Waals surface area contributed by atoms with Crippen LogP contribution in [0.5, 0.6) is 0 Å². The molecule has 3 saturated carbocycles. The highest BCUT2D eigenvalue weighted by Crippen LogP contribution is 2.49. The van der Waals surface area contributed by atoms with Crippen LogP contribution in [0, 0.1) is 41.4 Å². The van der Waals surface area contributed by atoms with Crippen molar-refractivity contribution in [3.05, 3.63) is 0 Å². The predicted molar refractivity (Wildman–Crippen MR) is 117 cm³/mol. The number of hydrogen-bond acceptors (Lipinski definition) is 1. The summed E-state index contributed by atoms with van der Waals surface area (Å²) in [5.41, 5.74) is 0. The zero-order chi connectivity index (χ0) is 19.1. The van der Waals surface area contributed by atoms with Gasteiger partial charge in [0.15, 0.2) is 0 Å². The third-order valence-corrected chi connectivity index (χ3v) is 9.26. The molecule has 1 N–H and O–H groups in total. The van der Waals surface area contributed by atoms with Crippen LogP contribution in [0.15, 0.2) is 0 Å². The van der Waals surface area contributed by atoms with Crippen molar-refractivity contribution >= 4 is 0 Å². The van der Waals surface area contributed by atoms with E-state index in [-0.39, 0.29) is 0 Å². The lowest BCUT2D eigenvalue weighted by Gasteiger charge is -2.45. The van der Waals surface area contributed by atoms with E-state index in [1.807, 2.05) is 0 Å². The van der Waals surface area contributed by atoms with Gasteiger partial charge in [-0.1, -0.05) is 65.2 Å². The summed E-state index contributed by atoms with van der Waals surface area (Å²) in [5.74, 6) is 7.29. The minimum atomic E-state index is 0.386. The Morgan fingerprint density at radius 3 is 1.89 bits per heavy atom. The van der Waals surface area contributed by atoms with Crippen LogP contribution in [0.4, 0.5) is 0 Å². The van der Waals surface area contributed by atoms with Crippen molar-refractivity contribution in [3.63, 3.8) is 0 Å². The van der Waals surface area contributed by atoms with Crippen molar-refractivity contribution in [1.82, 2.24) is 0 Å². The van der Waals surface area contributed by atoms with E-state index in [2.05, 4.69) is 13.8 Å². The van der Waals surface area contributed by atoms with Crippen molar-refractivity contribution < 1.29 is 5.11 Å². The number of unbranched alkanes of at least 4 members (excludes halogenated alkanes) is 1. The van der Waals surface area contributed by atoms with Gasteiger partial charge in [0.2, 0.25) is 0 Å². The van der Waals surface area contributed by atoms with Crippen LogP contribution in [0.2, 0.25) is 0 Å². The van der Waals surface area contributed by atoms with Crippen LogP contribution in [0.25, 0.3) is 0 Å². The monoisotopic (exact) mass is 376 g/mol. The molecule has 0 spiro atoms. The average molecular weight is 377 g/mol. The van der Waals surface area contributed by atoms with Gasteiger partial charge in [-0.25, -0.2) is 0 Å². The molecule has 0 aliphatic heterocycles. The maximum atomic E-state index is 9.01. The molecular weight excluding hydrogens is 328 g/mol. The Morgan fingerprint density at radius 2 is 1.26 bits per heavy atom. The summed E-state index contributed by atoms with van der Waals surface area (Å²) in [6, 6.07) is 0. The van der Waals surface area contributed by atoms with Gasteiger partial charge in [-0.2, -0.15) is 0 Å². The molecule has 0 saturated heterocycles. The van der Waals surface area contributed by atoms with Gasteiger partial charge in [-0.3, -0.25) is 0 Å². The Hall–Kier alpha value is -0.0400. The first-order valence-electron chi connectivity index (χ1n) is 12.9. The van der Waals surface area contributed by atoms with Gasteiger partial charge in [-0.15, -0.1) is 0 Å². The normalized spacial score (nSPS) is 40.8. The number of rotatable bonds is 8. The highest BCUT2D eigenvalue weighted by atomic mass is 16.2. The van der Waals surface area contributed by atoms with Gasteiger partial charge in [0, 0.05) is 6.61 Å². The quantitative estimate of drug-likeness (QED) is 0.432. The molecular formula is C26H48O. The van der Waals surface area contributed by atoms with Crippen LogP contribution in [0.1, 0.15) is 117 Å². The second kappa shape index (κ2) is 11.2. The second-order valence-electron chi connectivity index (χ2n) is 10.6. The first kappa shape index (κ1) is 21.7. The average Bonchev–Trinajstić information content (AvgIpc) is 2.74. The molecule has 3 atom stereocenters. The van der Waals surface area contributed by atoms with Gasteiger partial charge in [0.05, 0.1) is 0 Å². The summed E-state index contributed by atoms with van der Waals surface area (Å²) in [5, 5.41) is 9.01. The predicted octanol–water partition coefficient (Wildman–Crippen LogP) is 7.61. The zero-order valence-electron chi connectivity index (χ0n) is 18.5. The van der Waals surface area contributed by atoms with Crippen LogP contribution in [-0.2, 0) is 0 Å². The minimum absolute atomic E-state index is 0.386. The van der Waals surface area contributed by atoms with Gasteiger partial charge < -0.3 is 5.11 Å². The standard InChI is InChI=1S/C26H48O/c1-3-20-8-12-23(13-9-20)25-16-17-26(22(4-2)19-25)24-14-10-21(11-15-24)7-5-6-18-27/h20-27H,3-19H2,1-2H3. The maximum Gasteiger partial charge on any atom is 0.0431 e. The van der Waals surface area contributed by atoms with E-state index in [0.29, 0.717) is 6.61 Å². The summed E-state index contributed by atoms with van der Waals surface area (Å²) >= 11 is 0. The molecule has 0 aromatic rings. The first-order chi connectivity index (χ1) is 13.2. The summed E-state index contributed by atoms with van der Waals surface area (Å²) < 4.78 is 0. The van der Waals surface area contributed by atoms with E-state index in [9.17, 15) is 0 Å². The van der Waals surface area contributed by atoms with Crippen molar-refractivity contribution in [2.75, 3.05) is 6.61 Å². The smallest absolute Gasteiger partial charge is 0.0431 e. The second-order valence-corrected chi connectivity index (χ2v) is 10.6. The Morgan fingerprint density at radius 1 is 0.630 bits per heavy atom. The Kier molecular flexibility index (Phi) is 9.01. The topological polar surface area (TPSA) is 20.2 Å². The zero-order valence-corrected chi connectivity index (χ0v) is 18.5. The first-order valence-corrected chi connectivity index (χ1v) is 12.9. The van der Waals surface area contributed by atoms with E-state index in [1.165, 1.54) is 64.2 Å². The number of aliphatic hydroxyl groups is 1. The lowest BCUT2D eigenvalue weighted by atomic mass is 9.60. The van der Waals surface area contributed by atoms with Gasteiger partial charge in [0.1, 0.15) is 0 Å². The molecule has 158 valence electrons. The largest absolute Gasteiger partial charge is 0.396 e. The molecule has 0 aromatic carbocycles. The van der Waals surface area contributed by atoms with Crippen molar-refractivity contribution in [1.29, 1.82) is 0 Å². The van der Waals surface area contributed by atoms with E-state index in [4.69, 9.17) is 5.11 Å². The van der Waals surface area contributed by atoms with E-state index < -0.39 is 0 Å². The lowest BCUT2D eigenvalue weighted by molar-refractivity contribution is 0.0524. The fraction of sp³-hybridized carbons (Fsp3) is 1.00. The highest BCUT2D eigenvalue weighted by molar-refractivity contribution is 4.89. The molecule has 0 amide bonds. The molecule has 3 rings (SSSR count). The molecule has 1 nitrogen and oxygen atoms in total. The Labute approximate surface area is 170 Å². The molecule has 0 heterocycles. The number of hydrogen-bond donors (Lipinski definition) is 1. The molecule has 3 fully saturated rings. The molecule has 0 bridgehead atoms. The lowest BCUT2D eigenvalue weighted by Crippen LogP contribution is -2.35. The van der Waals surface area contributed by atoms with Crippen LogP contribution >= 0.6 is 0 Å². The fourth-order valence-electron chi connectivity index (χ4n) is 7.36. The minimum Gasteiger partial charge on any atom is -0.396 e. The van der Waals surface area contributed by atoms with Crippen LogP contribution in [-0.4, -0.2) is 11.7 Å². The summed E-state index contributed by atoms with van der Waals surface area (Å²) in [4.78, 5) is 0. The van der Waals surface area contributed by atoms with Crippen molar-refractivity contribution in [2.24, 2.45) is 41.4 Å². The summed E-state index contributed by atoms with van der Waals surface area (Å²) in [6.07, 6.45) is 23.3. The van der Waals surface area contributed by atoms with Gasteiger partial charge in [-0.05, 0) is 92.8 Å². The molecule has 3 aliphatic rings. The van der Waals surface area contributed by atoms with Crippen LogP contribution in [0.3, 0.4) is 0 Å². The fourth-order valence-corrected chi connectivity index (χ4v) is 7.36. The van der Waals surface area contributed by atoms with E-state index >= 15 is 0 Å². The number of aliphatic hydroxyl groups excluding tert-OH is 1. The molecule has 0 radical (unpaired) electrons. The Bertz CT molecular complexity index is 389. The molecule has 3 aliphatic carbocycles. The highest BCUT2D eigenvalue weighted by Gasteiger charge is 2.38. The van der Waals surface area contributed by atoms with E-state index in [0.717, 1.165) is 47.8 Å². The molecule has 27 heavy (non-hydrogen) atoms. The molecule has 0 aromatic heterocycles. The summed E-state index contributed by atoms with van der Waals surface area (Å²) in [7, 11) is 0. The third kappa shape index (κ3) is 5.97. The van der Waals surface area contributed by atoms with Gasteiger partial charge >= 0.3 is 0 Å². The van der Waals surface area contributed by atoms with Crippen molar-refractivity contribution in [3.8, 4) is 0 Å². The van der Waals surface area contributed by atoms with Gasteiger partial charge in [0.25, 0.3) is 0 Å². The van der Waals surface area contributed by atoms with E-state index in [1.54, 1.807) is 32.1 Å².